The summed E-state index contributed by atoms with van der Waals surface area (Å²) in [5, 5.41) is 18.3. The molecule has 1 atom stereocenters. The van der Waals surface area contributed by atoms with Crippen LogP contribution in [-0.4, -0.2) is 32.2 Å². The Morgan fingerprint density at radius 1 is 1.37 bits per heavy atom. The third-order valence-electron chi connectivity index (χ3n) is 2.85. The van der Waals surface area contributed by atoms with Crippen molar-refractivity contribution in [3.8, 4) is 29.1 Å². The van der Waals surface area contributed by atoms with Gasteiger partial charge in [-0.1, -0.05) is 0 Å². The van der Waals surface area contributed by atoms with Crippen LogP contribution in [0.25, 0.3) is 0 Å². The smallest absolute Gasteiger partial charge is 0.231 e. The lowest BCUT2D eigenvalue weighted by Crippen LogP contribution is -2.10. The van der Waals surface area contributed by atoms with Crippen LogP contribution in [0.1, 0.15) is 12.0 Å². The van der Waals surface area contributed by atoms with E-state index in [2.05, 4.69) is 0 Å². The fourth-order valence-corrected chi connectivity index (χ4v) is 2.02. The molecule has 6 nitrogen and oxygen atoms in total. The first-order valence-corrected chi connectivity index (χ1v) is 5.79. The van der Waals surface area contributed by atoms with Crippen molar-refractivity contribution in [1.29, 1.82) is 5.26 Å². The van der Waals surface area contributed by atoms with Gasteiger partial charge < -0.3 is 24.1 Å². The maximum absolute atomic E-state index is 9.74. The molecule has 0 spiro atoms. The van der Waals surface area contributed by atoms with Crippen LogP contribution in [0.2, 0.25) is 0 Å². The predicted octanol–water partition coefficient (Wildman–Crippen LogP) is 1.25. The number of hydrogen-bond donors (Lipinski definition) is 1. The van der Waals surface area contributed by atoms with Crippen LogP contribution in [0.15, 0.2) is 6.07 Å². The molecule has 1 aliphatic rings. The highest BCUT2D eigenvalue weighted by Crippen LogP contribution is 2.49. The van der Waals surface area contributed by atoms with E-state index in [-0.39, 0.29) is 19.6 Å². The summed E-state index contributed by atoms with van der Waals surface area (Å²) in [6.07, 6.45) is -0.423. The number of nitrogens with zero attached hydrogens (tertiary/aromatic N) is 1. The molecule has 1 aromatic rings. The maximum Gasteiger partial charge on any atom is 0.231 e. The Balaban J connectivity index is 2.40. The van der Waals surface area contributed by atoms with E-state index in [0.29, 0.717) is 28.6 Å². The van der Waals surface area contributed by atoms with Crippen molar-refractivity contribution in [2.24, 2.45) is 0 Å². The van der Waals surface area contributed by atoms with E-state index in [1.54, 1.807) is 6.07 Å². The summed E-state index contributed by atoms with van der Waals surface area (Å²) in [4.78, 5) is 0. The van der Waals surface area contributed by atoms with Gasteiger partial charge in [-0.25, -0.2) is 0 Å². The van der Waals surface area contributed by atoms with Gasteiger partial charge in [-0.3, -0.25) is 0 Å². The molecule has 19 heavy (non-hydrogen) atoms. The molecule has 6 heteroatoms. The molecule has 0 aromatic heterocycles. The molecule has 1 heterocycles. The third kappa shape index (κ3) is 2.51. The van der Waals surface area contributed by atoms with Gasteiger partial charge in [0.2, 0.25) is 18.3 Å². The van der Waals surface area contributed by atoms with Gasteiger partial charge in [-0.2, -0.15) is 5.26 Å². The third-order valence-corrected chi connectivity index (χ3v) is 2.85. The Morgan fingerprint density at radius 2 is 2.11 bits per heavy atom. The number of aliphatic hydroxyl groups excluding tert-OH is 1. The van der Waals surface area contributed by atoms with Crippen LogP contribution < -0.4 is 18.9 Å². The number of aliphatic hydroxyl groups is 1. The molecular formula is C13H15NO5. The summed E-state index contributed by atoms with van der Waals surface area (Å²) in [5.74, 6) is 2.00. The first kappa shape index (κ1) is 13.3. The van der Waals surface area contributed by atoms with Crippen molar-refractivity contribution >= 4 is 0 Å². The zero-order valence-corrected chi connectivity index (χ0v) is 10.8. The predicted molar refractivity (Wildman–Crippen MR) is 65.6 cm³/mol. The molecule has 0 amide bonds. The molecule has 2 rings (SSSR count). The fourth-order valence-electron chi connectivity index (χ4n) is 2.02. The van der Waals surface area contributed by atoms with Gasteiger partial charge in [0.25, 0.3) is 0 Å². The highest BCUT2D eigenvalue weighted by molar-refractivity contribution is 5.64. The summed E-state index contributed by atoms with van der Waals surface area (Å²) in [5.41, 5.74) is 0.714. The quantitative estimate of drug-likeness (QED) is 0.863. The Bertz CT molecular complexity index is 509. The molecule has 1 unspecified atom stereocenters. The second-order valence-electron chi connectivity index (χ2n) is 4.06. The molecule has 1 aromatic carbocycles. The minimum atomic E-state index is -0.760. The lowest BCUT2D eigenvalue weighted by Gasteiger charge is -2.15. The van der Waals surface area contributed by atoms with Gasteiger partial charge in [0.15, 0.2) is 11.5 Å². The summed E-state index contributed by atoms with van der Waals surface area (Å²) in [7, 11) is 3.04. The number of ether oxygens (including phenoxy) is 4. The molecule has 0 aliphatic carbocycles. The number of rotatable bonds is 5. The van der Waals surface area contributed by atoms with Crippen molar-refractivity contribution < 1.29 is 24.1 Å². The molecule has 0 saturated heterocycles. The average Bonchev–Trinajstić information content (AvgIpc) is 2.87. The number of benzene rings is 1. The first-order valence-electron chi connectivity index (χ1n) is 5.79. The van der Waals surface area contributed by atoms with E-state index >= 15 is 0 Å². The van der Waals surface area contributed by atoms with Gasteiger partial charge in [0.1, 0.15) is 0 Å². The van der Waals surface area contributed by atoms with Crippen LogP contribution in [0.3, 0.4) is 0 Å². The Labute approximate surface area is 111 Å². The molecule has 1 N–H and O–H groups in total. The van der Waals surface area contributed by atoms with Crippen LogP contribution >= 0.6 is 0 Å². The minimum absolute atomic E-state index is 0.0555. The van der Waals surface area contributed by atoms with Gasteiger partial charge in [0, 0.05) is 12.0 Å². The van der Waals surface area contributed by atoms with Crippen molar-refractivity contribution in [2.75, 3.05) is 21.0 Å². The van der Waals surface area contributed by atoms with E-state index in [1.165, 1.54) is 14.2 Å². The normalized spacial score (nSPS) is 13.8. The molecule has 1 aliphatic heterocycles. The second kappa shape index (κ2) is 5.67. The van der Waals surface area contributed by atoms with Gasteiger partial charge >= 0.3 is 0 Å². The topological polar surface area (TPSA) is 80.9 Å². The standard InChI is InChI=1S/C13H15NO5/c1-16-10-6-8(5-9(15)3-4-14)11(17-2)13-12(10)18-7-19-13/h6,9,15H,3,5,7H2,1-2H3. The van der Waals surface area contributed by atoms with Crippen LogP contribution in [0.4, 0.5) is 0 Å². The molecule has 0 radical (unpaired) electrons. The van der Waals surface area contributed by atoms with Gasteiger partial charge in [-0.05, 0) is 6.07 Å². The summed E-state index contributed by atoms with van der Waals surface area (Å²) < 4.78 is 21.2. The molecule has 102 valence electrons. The van der Waals surface area contributed by atoms with Crippen LogP contribution in [0.5, 0.6) is 23.0 Å². The molecular weight excluding hydrogens is 250 g/mol. The Hall–Kier alpha value is -2.13. The molecule has 0 bridgehead atoms. The van der Waals surface area contributed by atoms with Crippen LogP contribution in [0, 0.1) is 11.3 Å². The van der Waals surface area contributed by atoms with E-state index in [4.69, 9.17) is 24.2 Å². The number of methoxy groups -OCH3 is 2. The van der Waals surface area contributed by atoms with Gasteiger partial charge in [-0.15, -0.1) is 0 Å². The highest BCUT2D eigenvalue weighted by Gasteiger charge is 2.27. The average molecular weight is 265 g/mol. The van der Waals surface area contributed by atoms with E-state index in [1.807, 2.05) is 6.07 Å². The summed E-state index contributed by atoms with van der Waals surface area (Å²) in [6.45, 7) is 0.103. The second-order valence-corrected chi connectivity index (χ2v) is 4.06. The van der Waals surface area contributed by atoms with Crippen molar-refractivity contribution in [1.82, 2.24) is 0 Å². The van der Waals surface area contributed by atoms with Gasteiger partial charge in [0.05, 0.1) is 32.8 Å². The molecule has 0 saturated carbocycles. The number of hydrogen-bond acceptors (Lipinski definition) is 6. The lowest BCUT2D eigenvalue weighted by atomic mass is 10.0. The SMILES string of the molecule is COc1cc(CC(O)CC#N)c(OC)c2c1OCO2. The Morgan fingerprint density at radius 3 is 2.74 bits per heavy atom. The minimum Gasteiger partial charge on any atom is -0.493 e. The fraction of sp³-hybridized carbons (Fsp3) is 0.462. The number of fused-ring (bicyclic) bond motifs is 1. The van der Waals surface area contributed by atoms with E-state index < -0.39 is 6.10 Å². The highest BCUT2D eigenvalue weighted by atomic mass is 16.7. The first-order chi connectivity index (χ1) is 9.21. The van der Waals surface area contributed by atoms with Crippen molar-refractivity contribution in [3.63, 3.8) is 0 Å². The van der Waals surface area contributed by atoms with Crippen molar-refractivity contribution in [2.45, 2.75) is 18.9 Å². The largest absolute Gasteiger partial charge is 0.493 e. The monoisotopic (exact) mass is 265 g/mol. The van der Waals surface area contributed by atoms with E-state index in [9.17, 15) is 5.11 Å². The zero-order chi connectivity index (χ0) is 13.8. The summed E-state index contributed by atoms with van der Waals surface area (Å²) >= 11 is 0. The summed E-state index contributed by atoms with van der Waals surface area (Å²) in [6, 6.07) is 3.66. The van der Waals surface area contributed by atoms with E-state index in [0.717, 1.165) is 0 Å². The maximum atomic E-state index is 9.74. The molecule has 0 fully saturated rings. The van der Waals surface area contributed by atoms with Crippen LogP contribution in [-0.2, 0) is 6.42 Å². The Kier molecular flexibility index (Phi) is 3.97. The number of nitriles is 1. The van der Waals surface area contributed by atoms with Crippen molar-refractivity contribution in [3.05, 3.63) is 11.6 Å². The lowest BCUT2D eigenvalue weighted by molar-refractivity contribution is 0.168. The zero-order valence-electron chi connectivity index (χ0n) is 10.8.